The molecule has 16 heavy (non-hydrogen) atoms. The van der Waals surface area contributed by atoms with Gasteiger partial charge in [-0.2, -0.15) is 0 Å². The monoisotopic (exact) mass is 282 g/mol. The van der Waals surface area contributed by atoms with Crippen molar-refractivity contribution in [2.24, 2.45) is 5.92 Å². The Bertz CT molecular complexity index is 424. The van der Waals surface area contributed by atoms with Crippen LogP contribution in [0.15, 0.2) is 22.7 Å². The quantitative estimate of drug-likeness (QED) is 0.790. The molecule has 1 aromatic carbocycles. The summed E-state index contributed by atoms with van der Waals surface area (Å²) in [5, 5.41) is 10.1. The van der Waals surface area contributed by atoms with E-state index in [0.29, 0.717) is 0 Å². The molecule has 1 saturated carbocycles. The Kier molecular flexibility index (Phi) is 2.30. The van der Waals surface area contributed by atoms with Crippen molar-refractivity contribution in [2.45, 2.75) is 37.9 Å². The lowest BCUT2D eigenvalue weighted by molar-refractivity contribution is -0.0925. The first-order chi connectivity index (χ1) is 7.58. The fraction of sp³-hybridized carbons (Fsp3) is 0.538. The van der Waals surface area contributed by atoms with Gasteiger partial charge in [0.2, 0.25) is 0 Å². The van der Waals surface area contributed by atoms with Gasteiger partial charge in [0.05, 0.1) is 6.10 Å². The summed E-state index contributed by atoms with van der Waals surface area (Å²) in [6.45, 7) is 2.23. The van der Waals surface area contributed by atoms with Gasteiger partial charge in [-0.1, -0.05) is 28.9 Å². The fourth-order valence-electron chi connectivity index (χ4n) is 3.07. The van der Waals surface area contributed by atoms with Gasteiger partial charge in [-0.05, 0) is 30.9 Å². The van der Waals surface area contributed by atoms with E-state index in [1.165, 1.54) is 0 Å². The van der Waals surface area contributed by atoms with E-state index in [4.69, 9.17) is 4.74 Å². The number of hydrogen-bond donors (Lipinski definition) is 1. The molecule has 0 radical (unpaired) electrons. The Hall–Kier alpha value is -0.540. The Labute approximate surface area is 104 Å². The maximum Gasteiger partial charge on any atom is 0.127 e. The Morgan fingerprint density at radius 1 is 1.38 bits per heavy atom. The average molecular weight is 283 g/mol. The number of rotatable bonds is 0. The summed E-state index contributed by atoms with van der Waals surface area (Å²) in [4.78, 5) is 0. The van der Waals surface area contributed by atoms with Crippen LogP contribution in [0.3, 0.4) is 0 Å². The van der Waals surface area contributed by atoms with Crippen molar-refractivity contribution in [3.05, 3.63) is 28.2 Å². The lowest BCUT2D eigenvalue weighted by Gasteiger charge is -2.50. The van der Waals surface area contributed by atoms with Crippen LogP contribution in [0, 0.1) is 5.92 Å². The third-order valence-corrected chi connectivity index (χ3v) is 4.16. The average Bonchev–Trinajstić information content (AvgIpc) is 2.14. The molecule has 1 fully saturated rings. The summed E-state index contributed by atoms with van der Waals surface area (Å²) < 4.78 is 7.09. The first kappa shape index (κ1) is 10.6. The van der Waals surface area contributed by atoms with Gasteiger partial charge in [0.25, 0.3) is 0 Å². The number of aliphatic hydroxyl groups excluding tert-OH is 1. The van der Waals surface area contributed by atoms with E-state index >= 15 is 0 Å². The van der Waals surface area contributed by atoms with Gasteiger partial charge < -0.3 is 9.84 Å². The van der Waals surface area contributed by atoms with Crippen LogP contribution in [-0.2, 0) is 0 Å². The normalized spacial score (nSPS) is 36.4. The van der Waals surface area contributed by atoms with Crippen molar-refractivity contribution in [1.29, 1.82) is 0 Å². The van der Waals surface area contributed by atoms with E-state index in [9.17, 15) is 5.11 Å². The molecule has 1 heterocycles. The number of ether oxygens (including phenoxy) is 1. The zero-order chi connectivity index (χ0) is 11.3. The van der Waals surface area contributed by atoms with E-state index in [0.717, 1.165) is 41.0 Å². The van der Waals surface area contributed by atoms with Crippen LogP contribution in [0.4, 0.5) is 0 Å². The zero-order valence-electron chi connectivity index (χ0n) is 9.24. The first-order valence-electron chi connectivity index (χ1n) is 5.74. The molecule has 2 aliphatic rings. The maximum atomic E-state index is 10.1. The smallest absolute Gasteiger partial charge is 0.127 e. The Morgan fingerprint density at radius 2 is 2.12 bits per heavy atom. The topological polar surface area (TPSA) is 29.5 Å². The predicted molar refractivity (Wildman–Crippen MR) is 65.5 cm³/mol. The van der Waals surface area contributed by atoms with Gasteiger partial charge in [0, 0.05) is 16.5 Å². The van der Waals surface area contributed by atoms with Gasteiger partial charge in [-0.15, -0.1) is 0 Å². The minimum atomic E-state index is -0.371. The second-order valence-corrected chi connectivity index (χ2v) is 6.12. The molecule has 1 aromatic rings. The maximum absolute atomic E-state index is 10.1. The first-order valence-corrected chi connectivity index (χ1v) is 6.54. The largest absolute Gasteiger partial charge is 0.487 e. The lowest BCUT2D eigenvalue weighted by Crippen LogP contribution is -2.51. The SMILES string of the molecule is CC1CC2(C1)C[C@H](O)c1ccc(Br)cc1O2. The molecule has 86 valence electrons. The summed E-state index contributed by atoms with van der Waals surface area (Å²) in [6, 6.07) is 5.86. The number of aliphatic hydroxyl groups is 1. The van der Waals surface area contributed by atoms with E-state index < -0.39 is 0 Å². The summed E-state index contributed by atoms with van der Waals surface area (Å²) in [7, 11) is 0. The third-order valence-electron chi connectivity index (χ3n) is 3.67. The molecular weight excluding hydrogens is 268 g/mol. The highest BCUT2D eigenvalue weighted by molar-refractivity contribution is 9.10. The molecule has 0 amide bonds. The van der Waals surface area contributed by atoms with Gasteiger partial charge >= 0.3 is 0 Å². The van der Waals surface area contributed by atoms with Crippen LogP contribution in [0.25, 0.3) is 0 Å². The molecule has 3 rings (SSSR count). The van der Waals surface area contributed by atoms with Crippen molar-refractivity contribution in [3.63, 3.8) is 0 Å². The standard InChI is InChI=1S/C13H15BrO2/c1-8-5-13(6-8)7-11(15)10-3-2-9(14)4-12(10)16-13/h2-4,8,11,15H,5-7H2,1H3/t8?,11-,13?/m0/s1. The van der Waals surface area contributed by atoms with Crippen LogP contribution in [-0.4, -0.2) is 10.7 Å². The summed E-state index contributed by atoms with van der Waals surface area (Å²) >= 11 is 3.44. The fourth-order valence-corrected chi connectivity index (χ4v) is 3.41. The third kappa shape index (κ3) is 1.57. The van der Waals surface area contributed by atoms with Crippen LogP contribution in [0.1, 0.15) is 37.9 Å². The number of fused-ring (bicyclic) bond motifs is 1. The van der Waals surface area contributed by atoms with E-state index in [1.54, 1.807) is 0 Å². The molecule has 2 nitrogen and oxygen atoms in total. The summed E-state index contributed by atoms with van der Waals surface area (Å²) in [6.07, 6.45) is 2.50. The molecule has 1 N–H and O–H groups in total. The minimum Gasteiger partial charge on any atom is -0.487 e. The molecule has 1 atom stereocenters. The van der Waals surface area contributed by atoms with Crippen molar-refractivity contribution >= 4 is 15.9 Å². The van der Waals surface area contributed by atoms with Crippen molar-refractivity contribution in [3.8, 4) is 5.75 Å². The highest BCUT2D eigenvalue weighted by Gasteiger charge is 2.48. The van der Waals surface area contributed by atoms with Gasteiger partial charge in [0.1, 0.15) is 11.4 Å². The number of benzene rings is 1. The Morgan fingerprint density at radius 3 is 2.81 bits per heavy atom. The molecule has 0 unspecified atom stereocenters. The molecule has 1 aliphatic heterocycles. The van der Waals surface area contributed by atoms with Crippen LogP contribution < -0.4 is 4.74 Å². The molecular formula is C13H15BrO2. The second-order valence-electron chi connectivity index (χ2n) is 5.20. The van der Waals surface area contributed by atoms with Crippen molar-refractivity contribution in [2.75, 3.05) is 0 Å². The van der Waals surface area contributed by atoms with Gasteiger partial charge in [0.15, 0.2) is 0 Å². The number of halogens is 1. The summed E-state index contributed by atoms with van der Waals surface area (Å²) in [5.74, 6) is 1.57. The van der Waals surface area contributed by atoms with Crippen LogP contribution in [0.5, 0.6) is 5.75 Å². The van der Waals surface area contributed by atoms with Crippen LogP contribution in [0.2, 0.25) is 0 Å². The van der Waals surface area contributed by atoms with Crippen LogP contribution >= 0.6 is 15.9 Å². The van der Waals surface area contributed by atoms with Crippen molar-refractivity contribution in [1.82, 2.24) is 0 Å². The minimum absolute atomic E-state index is 0.0906. The second kappa shape index (κ2) is 3.47. The predicted octanol–water partition coefficient (Wildman–Crippen LogP) is 3.43. The molecule has 0 bridgehead atoms. The lowest BCUT2D eigenvalue weighted by atomic mass is 9.67. The summed E-state index contributed by atoms with van der Waals surface area (Å²) in [5.41, 5.74) is 0.834. The van der Waals surface area contributed by atoms with Gasteiger partial charge in [-0.3, -0.25) is 0 Å². The molecule has 1 aliphatic carbocycles. The highest BCUT2D eigenvalue weighted by Crippen LogP contribution is 2.51. The van der Waals surface area contributed by atoms with Crippen molar-refractivity contribution < 1.29 is 9.84 Å². The molecule has 0 saturated heterocycles. The Balaban J connectivity index is 1.95. The molecule has 3 heteroatoms. The van der Waals surface area contributed by atoms with E-state index in [2.05, 4.69) is 22.9 Å². The highest BCUT2D eigenvalue weighted by atomic mass is 79.9. The van der Waals surface area contributed by atoms with E-state index in [-0.39, 0.29) is 11.7 Å². The van der Waals surface area contributed by atoms with Gasteiger partial charge in [-0.25, -0.2) is 0 Å². The number of hydrogen-bond acceptors (Lipinski definition) is 2. The zero-order valence-corrected chi connectivity index (χ0v) is 10.8. The molecule has 0 aromatic heterocycles. The van der Waals surface area contributed by atoms with E-state index in [1.807, 2.05) is 18.2 Å². The molecule has 1 spiro atoms.